The number of halogens is 4. The molecule has 38 heavy (non-hydrogen) atoms. The summed E-state index contributed by atoms with van der Waals surface area (Å²) >= 11 is 0. The summed E-state index contributed by atoms with van der Waals surface area (Å²) in [6, 6.07) is 11.8. The molecule has 0 fully saturated rings. The number of benzene rings is 2. The summed E-state index contributed by atoms with van der Waals surface area (Å²) in [4.78, 5) is 16.4. The Morgan fingerprint density at radius 3 is 2.05 bits per heavy atom. The Morgan fingerprint density at radius 1 is 0.974 bits per heavy atom. The lowest BCUT2D eigenvalue weighted by Gasteiger charge is -2.21. The van der Waals surface area contributed by atoms with Crippen LogP contribution in [0.3, 0.4) is 0 Å². The van der Waals surface area contributed by atoms with Crippen LogP contribution in [0.15, 0.2) is 84.0 Å². The Labute approximate surface area is 221 Å². The zero-order valence-corrected chi connectivity index (χ0v) is 22.6. The van der Waals surface area contributed by atoms with Crippen LogP contribution < -0.4 is 5.32 Å². The maximum absolute atomic E-state index is 13.1. The highest BCUT2D eigenvalue weighted by Gasteiger charge is 2.30. The molecule has 0 aliphatic rings. The highest BCUT2D eigenvalue weighted by molar-refractivity contribution is 7.89. The van der Waals surface area contributed by atoms with E-state index in [0.29, 0.717) is 21.1 Å². The number of likely N-dealkylation sites (N-methyl/N-ethyl adjacent to an activating group) is 1. The second kappa shape index (κ2) is 14.3. The quantitative estimate of drug-likeness (QED) is 0.271. The van der Waals surface area contributed by atoms with Crippen molar-refractivity contribution in [1.82, 2.24) is 14.6 Å². The van der Waals surface area contributed by atoms with Gasteiger partial charge in [-0.2, -0.15) is 13.2 Å². The van der Waals surface area contributed by atoms with Crippen molar-refractivity contribution in [2.24, 2.45) is 0 Å². The van der Waals surface area contributed by atoms with Crippen LogP contribution in [0.5, 0.6) is 0 Å². The zero-order valence-electron chi connectivity index (χ0n) is 21.8. The fraction of sp³-hybridized carbons (Fsp3) is 0.259. The third-order valence-electron chi connectivity index (χ3n) is 4.90. The minimum Gasteiger partial charge on any atom is -0.347 e. The predicted octanol–water partition coefficient (Wildman–Crippen LogP) is 6.41. The molecular formula is C27H31F4N3O3S. The maximum Gasteiger partial charge on any atom is 0.416 e. The van der Waals surface area contributed by atoms with Gasteiger partial charge in [0.1, 0.15) is 11.5 Å². The average Bonchev–Trinajstić information content (AvgIpc) is 2.93. The van der Waals surface area contributed by atoms with E-state index in [2.05, 4.69) is 16.9 Å². The van der Waals surface area contributed by atoms with Crippen molar-refractivity contribution in [3.05, 3.63) is 96.1 Å². The first kappa shape index (κ1) is 32.3. The summed E-state index contributed by atoms with van der Waals surface area (Å²) in [5.74, 6) is -1.37. The smallest absolute Gasteiger partial charge is 0.347 e. The van der Waals surface area contributed by atoms with Crippen LogP contribution in [0.25, 0.3) is 11.3 Å². The summed E-state index contributed by atoms with van der Waals surface area (Å²) in [7, 11) is -2.98. The molecule has 0 bridgehead atoms. The summed E-state index contributed by atoms with van der Waals surface area (Å²) in [6.07, 6.45) is -3.01. The molecule has 1 amide bonds. The summed E-state index contributed by atoms with van der Waals surface area (Å²) in [5.41, 5.74) is 0.292. The van der Waals surface area contributed by atoms with Crippen molar-refractivity contribution in [1.29, 1.82) is 0 Å². The van der Waals surface area contributed by atoms with Gasteiger partial charge in [-0.05, 0) is 54.1 Å². The molecule has 0 aliphatic carbocycles. The molecule has 1 aromatic heterocycles. The van der Waals surface area contributed by atoms with Gasteiger partial charge in [0, 0.05) is 25.4 Å². The standard InChI is InChI=1S/C23H19F4N3O3S.2C2H6/c1-15(30(2)34(32,33)20-9-7-19(24)8-10-20)22(31)29-14-16-11-12-28-21(13-16)17-3-5-18(6-4-17)23(25,26)27;2*1-2/h3-13H,1,14H2,2H3,(H,29,31);2*1-2H3. The fourth-order valence-electron chi connectivity index (χ4n) is 2.91. The van der Waals surface area contributed by atoms with Crippen molar-refractivity contribution >= 4 is 15.9 Å². The van der Waals surface area contributed by atoms with Gasteiger partial charge in [0.25, 0.3) is 15.9 Å². The topological polar surface area (TPSA) is 79.4 Å². The van der Waals surface area contributed by atoms with E-state index >= 15 is 0 Å². The van der Waals surface area contributed by atoms with Crippen molar-refractivity contribution < 1.29 is 30.8 Å². The molecule has 1 heterocycles. The van der Waals surface area contributed by atoms with Crippen molar-refractivity contribution in [2.75, 3.05) is 7.05 Å². The molecule has 6 nitrogen and oxygen atoms in total. The minimum atomic E-state index is -4.45. The van der Waals surface area contributed by atoms with Gasteiger partial charge in [0.15, 0.2) is 0 Å². The molecule has 0 unspecified atom stereocenters. The van der Waals surface area contributed by atoms with Crippen LogP contribution in [0, 0.1) is 5.82 Å². The molecule has 0 aliphatic heterocycles. The Bertz CT molecular complexity index is 1310. The van der Waals surface area contributed by atoms with E-state index in [4.69, 9.17) is 0 Å². The van der Waals surface area contributed by atoms with Crippen LogP contribution in [-0.2, 0) is 27.5 Å². The van der Waals surface area contributed by atoms with Crippen LogP contribution in [0.2, 0.25) is 0 Å². The molecule has 0 spiro atoms. The number of carbonyl (C=O) groups is 1. The summed E-state index contributed by atoms with van der Waals surface area (Å²) in [5, 5.41) is 2.54. The Morgan fingerprint density at radius 2 is 1.53 bits per heavy atom. The number of aromatic nitrogens is 1. The number of rotatable bonds is 7. The number of sulfonamides is 1. The predicted molar refractivity (Wildman–Crippen MR) is 140 cm³/mol. The number of nitrogens with zero attached hydrogens (tertiary/aromatic N) is 2. The third kappa shape index (κ3) is 8.41. The van der Waals surface area contributed by atoms with Gasteiger partial charge in [-0.1, -0.05) is 46.4 Å². The van der Waals surface area contributed by atoms with Crippen LogP contribution in [0.1, 0.15) is 38.8 Å². The van der Waals surface area contributed by atoms with Crippen LogP contribution in [-0.4, -0.2) is 30.7 Å². The second-order valence-electron chi connectivity index (χ2n) is 7.18. The maximum atomic E-state index is 13.1. The van der Waals surface area contributed by atoms with Crippen LogP contribution in [0.4, 0.5) is 17.6 Å². The van der Waals surface area contributed by atoms with E-state index in [1.807, 2.05) is 27.7 Å². The first-order chi connectivity index (χ1) is 17.9. The molecule has 3 aromatic rings. The lowest BCUT2D eigenvalue weighted by atomic mass is 10.1. The summed E-state index contributed by atoms with van der Waals surface area (Å²) < 4.78 is 77.3. The van der Waals surface area contributed by atoms with Crippen molar-refractivity contribution in [3.63, 3.8) is 0 Å². The van der Waals surface area contributed by atoms with Gasteiger partial charge in [0.05, 0.1) is 16.2 Å². The molecule has 11 heteroatoms. The number of pyridine rings is 1. The van der Waals surface area contributed by atoms with E-state index in [-0.39, 0.29) is 17.1 Å². The third-order valence-corrected chi connectivity index (χ3v) is 6.71. The van der Waals surface area contributed by atoms with Gasteiger partial charge in [-0.25, -0.2) is 12.8 Å². The van der Waals surface area contributed by atoms with E-state index < -0.39 is 33.5 Å². The lowest BCUT2D eigenvalue weighted by molar-refractivity contribution is -0.137. The van der Waals surface area contributed by atoms with Gasteiger partial charge in [0.2, 0.25) is 0 Å². The van der Waals surface area contributed by atoms with Gasteiger partial charge in [-0.3, -0.25) is 14.1 Å². The lowest BCUT2D eigenvalue weighted by Crippen LogP contribution is -2.35. The Kier molecular flexibility index (Phi) is 12.1. The number of nitrogens with one attached hydrogen (secondary N) is 1. The van der Waals surface area contributed by atoms with E-state index in [1.54, 1.807) is 12.1 Å². The number of hydrogen-bond acceptors (Lipinski definition) is 4. The molecule has 3 rings (SSSR count). The fourth-order valence-corrected chi connectivity index (χ4v) is 4.08. The minimum absolute atomic E-state index is 0.0154. The van der Waals surface area contributed by atoms with Crippen LogP contribution >= 0.6 is 0 Å². The van der Waals surface area contributed by atoms with Gasteiger partial charge >= 0.3 is 6.18 Å². The molecular weight excluding hydrogens is 522 g/mol. The zero-order chi connectivity index (χ0) is 29.1. The molecule has 2 aromatic carbocycles. The number of alkyl halides is 3. The monoisotopic (exact) mass is 553 g/mol. The number of carbonyl (C=O) groups excluding carboxylic acids is 1. The average molecular weight is 554 g/mol. The first-order valence-corrected chi connectivity index (χ1v) is 13.2. The Hall–Kier alpha value is -3.73. The highest BCUT2D eigenvalue weighted by atomic mass is 32.2. The number of amides is 1. The first-order valence-electron chi connectivity index (χ1n) is 11.7. The normalized spacial score (nSPS) is 10.8. The molecule has 1 N–H and O–H groups in total. The van der Waals surface area contributed by atoms with Crippen molar-refractivity contribution in [2.45, 2.75) is 45.3 Å². The summed E-state index contributed by atoms with van der Waals surface area (Å²) in [6.45, 7) is 11.5. The highest BCUT2D eigenvalue weighted by Crippen LogP contribution is 2.30. The van der Waals surface area contributed by atoms with E-state index in [1.165, 1.54) is 18.3 Å². The molecule has 0 atom stereocenters. The molecule has 0 saturated heterocycles. The second-order valence-corrected chi connectivity index (χ2v) is 9.15. The largest absolute Gasteiger partial charge is 0.416 e. The van der Waals surface area contributed by atoms with E-state index in [0.717, 1.165) is 43.4 Å². The van der Waals surface area contributed by atoms with Gasteiger partial charge in [-0.15, -0.1) is 0 Å². The SMILES string of the molecule is C=C(C(=O)NCc1ccnc(-c2ccc(C(F)(F)F)cc2)c1)N(C)S(=O)(=O)c1ccc(F)cc1.CC.CC. The molecule has 0 radical (unpaired) electrons. The molecule has 0 saturated carbocycles. The van der Waals surface area contributed by atoms with Gasteiger partial charge < -0.3 is 5.32 Å². The van der Waals surface area contributed by atoms with E-state index in [9.17, 15) is 30.8 Å². The molecule has 206 valence electrons. The Balaban J connectivity index is 0.00000172. The van der Waals surface area contributed by atoms with Crippen molar-refractivity contribution in [3.8, 4) is 11.3 Å². The number of hydrogen-bond donors (Lipinski definition) is 1.